The molecule has 0 aliphatic heterocycles. The van der Waals surface area contributed by atoms with Gasteiger partial charge in [0.25, 0.3) is 0 Å². The molecule has 4 nitrogen and oxygen atoms in total. The number of ether oxygens (including phenoxy) is 1. The monoisotopic (exact) mass is 344 g/mol. The van der Waals surface area contributed by atoms with Gasteiger partial charge in [-0.1, -0.05) is 13.8 Å². The number of hydrogen-bond donors (Lipinski definition) is 0. The van der Waals surface area contributed by atoms with Crippen LogP contribution in [0.15, 0.2) is 11.6 Å². The summed E-state index contributed by atoms with van der Waals surface area (Å²) in [5.74, 6) is 1.58. The second-order valence-corrected chi connectivity index (χ2v) is 9.11. The summed E-state index contributed by atoms with van der Waals surface area (Å²) in [6, 6.07) is 0. The summed E-state index contributed by atoms with van der Waals surface area (Å²) in [5, 5.41) is 0. The lowest BCUT2D eigenvalue weighted by atomic mass is 9.47. The summed E-state index contributed by atoms with van der Waals surface area (Å²) in [5.41, 5.74) is 0.765. The van der Waals surface area contributed by atoms with Crippen molar-refractivity contribution in [2.45, 2.75) is 71.8 Å². The minimum absolute atomic E-state index is 0.0795. The molecule has 0 aromatic heterocycles. The zero-order chi connectivity index (χ0) is 18.0. The summed E-state index contributed by atoms with van der Waals surface area (Å²) in [7, 11) is 0. The van der Waals surface area contributed by atoms with Crippen LogP contribution in [0.4, 0.5) is 0 Å². The van der Waals surface area contributed by atoms with Gasteiger partial charge in [0.05, 0.1) is 0 Å². The zero-order valence-corrected chi connectivity index (χ0v) is 15.5. The van der Waals surface area contributed by atoms with Gasteiger partial charge in [-0.2, -0.15) is 0 Å². The average molecular weight is 344 g/mol. The Kier molecular flexibility index (Phi) is 3.75. The Morgan fingerprint density at radius 1 is 1.08 bits per heavy atom. The second-order valence-electron chi connectivity index (χ2n) is 9.11. The maximum absolute atomic E-state index is 12.5. The number of Topliss-reactive ketones (excluding diaryl/α,β-unsaturated/α-hetero) is 1. The third-order valence-corrected chi connectivity index (χ3v) is 7.97. The minimum Gasteiger partial charge on any atom is -0.458 e. The van der Waals surface area contributed by atoms with Crippen molar-refractivity contribution < 1.29 is 19.1 Å². The van der Waals surface area contributed by atoms with E-state index in [1.165, 1.54) is 6.92 Å². The summed E-state index contributed by atoms with van der Waals surface area (Å²) < 4.78 is 5.69. The third-order valence-electron chi connectivity index (χ3n) is 7.97. The molecule has 0 spiro atoms. The molecule has 4 aliphatic carbocycles. The van der Waals surface area contributed by atoms with E-state index in [2.05, 4.69) is 13.8 Å². The van der Waals surface area contributed by atoms with Gasteiger partial charge in [-0.25, -0.2) is 0 Å². The smallest absolute Gasteiger partial charge is 0.303 e. The van der Waals surface area contributed by atoms with Crippen LogP contribution in [0.1, 0.15) is 65.7 Å². The standard InChI is InChI=1S/C21H28O4/c1-12(22)25-18-11-14-15-4-5-19(24)21(15,3)9-7-16(14)20(2)8-6-13(23)10-17(18)20/h10,14-16,18H,4-9,11H2,1-3H3/t14-,15-,16-,18+,20-,21+/m1/s1. The van der Waals surface area contributed by atoms with Crippen LogP contribution >= 0.6 is 0 Å². The van der Waals surface area contributed by atoms with Crippen molar-refractivity contribution in [2.24, 2.45) is 28.6 Å². The average Bonchev–Trinajstić information content (AvgIpc) is 2.84. The van der Waals surface area contributed by atoms with Crippen molar-refractivity contribution in [1.82, 2.24) is 0 Å². The van der Waals surface area contributed by atoms with Crippen molar-refractivity contribution in [3.8, 4) is 0 Å². The Hall–Kier alpha value is -1.45. The fraction of sp³-hybridized carbons (Fsp3) is 0.762. The zero-order valence-electron chi connectivity index (χ0n) is 15.5. The fourth-order valence-electron chi connectivity index (χ4n) is 6.66. The van der Waals surface area contributed by atoms with Crippen LogP contribution in [0.25, 0.3) is 0 Å². The largest absolute Gasteiger partial charge is 0.458 e. The van der Waals surface area contributed by atoms with Crippen LogP contribution in [-0.4, -0.2) is 23.6 Å². The number of rotatable bonds is 1. The maximum atomic E-state index is 12.5. The normalized spacial score (nSPS) is 46.0. The maximum Gasteiger partial charge on any atom is 0.303 e. The molecule has 4 aliphatic rings. The van der Waals surface area contributed by atoms with Crippen molar-refractivity contribution >= 4 is 17.5 Å². The summed E-state index contributed by atoms with van der Waals surface area (Å²) >= 11 is 0. The lowest BCUT2D eigenvalue weighted by molar-refractivity contribution is -0.154. The van der Waals surface area contributed by atoms with Crippen molar-refractivity contribution in [1.29, 1.82) is 0 Å². The van der Waals surface area contributed by atoms with Crippen molar-refractivity contribution in [3.63, 3.8) is 0 Å². The fourth-order valence-corrected chi connectivity index (χ4v) is 6.66. The SMILES string of the molecule is CC(=O)O[C@H]1C[C@H]2[C@@H](CC[C@]3(C)C(=O)CC[C@H]23)[C@@]2(C)CCC(=O)C=C12. The number of esters is 1. The van der Waals surface area contributed by atoms with Gasteiger partial charge < -0.3 is 4.74 Å². The quantitative estimate of drug-likeness (QED) is 0.682. The Bertz CT molecular complexity index is 677. The van der Waals surface area contributed by atoms with E-state index in [-0.39, 0.29) is 28.7 Å². The van der Waals surface area contributed by atoms with Crippen LogP contribution in [0.5, 0.6) is 0 Å². The molecular weight excluding hydrogens is 316 g/mol. The molecule has 0 amide bonds. The molecule has 4 rings (SSSR count). The molecule has 0 unspecified atom stereocenters. The first kappa shape index (κ1) is 17.0. The van der Waals surface area contributed by atoms with Gasteiger partial charge in [0.1, 0.15) is 11.9 Å². The van der Waals surface area contributed by atoms with Gasteiger partial charge in [0.15, 0.2) is 5.78 Å². The van der Waals surface area contributed by atoms with Crippen LogP contribution in [0, 0.1) is 28.6 Å². The topological polar surface area (TPSA) is 60.4 Å². The number of carbonyl (C=O) groups excluding carboxylic acids is 3. The van der Waals surface area contributed by atoms with E-state index in [4.69, 9.17) is 4.74 Å². The molecule has 0 bridgehead atoms. The molecule has 3 fully saturated rings. The Balaban J connectivity index is 1.75. The summed E-state index contributed by atoms with van der Waals surface area (Å²) in [4.78, 5) is 36.3. The van der Waals surface area contributed by atoms with E-state index in [0.717, 1.165) is 37.7 Å². The van der Waals surface area contributed by atoms with Crippen molar-refractivity contribution in [2.75, 3.05) is 0 Å². The number of carbonyl (C=O) groups is 3. The van der Waals surface area contributed by atoms with E-state index in [0.29, 0.717) is 36.4 Å². The highest BCUT2D eigenvalue weighted by atomic mass is 16.5. The second kappa shape index (κ2) is 5.52. The molecule has 6 atom stereocenters. The van der Waals surface area contributed by atoms with Crippen LogP contribution < -0.4 is 0 Å². The van der Waals surface area contributed by atoms with Crippen LogP contribution in [0.2, 0.25) is 0 Å². The lowest BCUT2D eigenvalue weighted by Crippen LogP contribution is -2.54. The number of ketones is 2. The molecule has 0 saturated heterocycles. The molecule has 0 aromatic rings. The number of fused-ring (bicyclic) bond motifs is 5. The van der Waals surface area contributed by atoms with E-state index in [9.17, 15) is 14.4 Å². The Morgan fingerprint density at radius 2 is 1.80 bits per heavy atom. The van der Waals surface area contributed by atoms with Gasteiger partial charge in [-0.3, -0.25) is 14.4 Å². The molecule has 25 heavy (non-hydrogen) atoms. The molecule has 0 radical (unpaired) electrons. The van der Waals surface area contributed by atoms with Gasteiger partial charge in [-0.15, -0.1) is 0 Å². The highest BCUT2D eigenvalue weighted by Gasteiger charge is 2.61. The van der Waals surface area contributed by atoms with Gasteiger partial charge in [0.2, 0.25) is 0 Å². The predicted octanol–water partition coefficient (Wildman–Crippen LogP) is 3.63. The van der Waals surface area contributed by atoms with Gasteiger partial charge >= 0.3 is 5.97 Å². The Labute approximate surface area is 149 Å². The third kappa shape index (κ3) is 2.36. The highest BCUT2D eigenvalue weighted by Crippen LogP contribution is 2.64. The molecule has 0 heterocycles. The first-order chi connectivity index (χ1) is 11.8. The van der Waals surface area contributed by atoms with Gasteiger partial charge in [-0.05, 0) is 66.9 Å². The van der Waals surface area contributed by atoms with Gasteiger partial charge in [0, 0.05) is 25.2 Å². The molecule has 4 heteroatoms. The minimum atomic E-state index is -0.300. The molecule has 0 N–H and O–H groups in total. The highest BCUT2D eigenvalue weighted by molar-refractivity contribution is 5.92. The summed E-state index contributed by atoms with van der Waals surface area (Å²) in [6.45, 7) is 5.86. The van der Waals surface area contributed by atoms with Crippen LogP contribution in [0.3, 0.4) is 0 Å². The lowest BCUT2D eigenvalue weighted by Gasteiger charge is -2.58. The van der Waals surface area contributed by atoms with E-state index in [1.807, 2.05) is 0 Å². The first-order valence-electron chi connectivity index (χ1n) is 9.71. The molecule has 3 saturated carbocycles. The van der Waals surface area contributed by atoms with E-state index >= 15 is 0 Å². The molecular formula is C21H28O4. The summed E-state index contributed by atoms with van der Waals surface area (Å²) in [6.07, 6.45) is 7.33. The van der Waals surface area contributed by atoms with Crippen LogP contribution in [-0.2, 0) is 19.1 Å². The molecule has 0 aromatic carbocycles. The van der Waals surface area contributed by atoms with E-state index < -0.39 is 0 Å². The van der Waals surface area contributed by atoms with Crippen molar-refractivity contribution in [3.05, 3.63) is 11.6 Å². The number of hydrogen-bond acceptors (Lipinski definition) is 4. The van der Waals surface area contributed by atoms with E-state index in [1.54, 1.807) is 6.08 Å². The first-order valence-corrected chi connectivity index (χ1v) is 9.71. The molecule has 136 valence electrons. The Morgan fingerprint density at radius 3 is 2.52 bits per heavy atom. The predicted molar refractivity (Wildman–Crippen MR) is 92.7 cm³/mol.